The summed E-state index contributed by atoms with van der Waals surface area (Å²) in [6, 6.07) is 20.1. The van der Waals surface area contributed by atoms with Crippen LogP contribution < -0.4 is 14.8 Å². The van der Waals surface area contributed by atoms with E-state index in [-0.39, 0.29) is 11.3 Å². The Hall–Kier alpha value is -2.43. The molecule has 1 amide bonds. The molecule has 0 unspecified atom stereocenters. The lowest BCUT2D eigenvalue weighted by Gasteiger charge is -2.20. The molecule has 3 aromatic carbocycles. The van der Waals surface area contributed by atoms with Gasteiger partial charge in [0.25, 0.3) is 0 Å². The van der Waals surface area contributed by atoms with Gasteiger partial charge in [-0.3, -0.25) is 4.79 Å². The molecule has 3 aromatic rings. The molecule has 1 atom stereocenters. The van der Waals surface area contributed by atoms with Crippen molar-refractivity contribution in [2.24, 2.45) is 0 Å². The number of anilines is 1. The number of ether oxygens (including phenoxy) is 1. The Morgan fingerprint density at radius 1 is 1.03 bits per heavy atom. The van der Waals surface area contributed by atoms with Crippen LogP contribution in [0.2, 0.25) is 0 Å². The van der Waals surface area contributed by atoms with Gasteiger partial charge >= 0.3 is 0 Å². The molecule has 0 heterocycles. The summed E-state index contributed by atoms with van der Waals surface area (Å²) in [7, 11) is -2.39. The molecule has 0 radical (unpaired) electrons. The van der Waals surface area contributed by atoms with Crippen LogP contribution in [0.1, 0.15) is 11.1 Å². The maximum Gasteiger partial charge on any atom is 0.243 e. The van der Waals surface area contributed by atoms with Crippen LogP contribution in [0.15, 0.2) is 77.7 Å². The van der Waals surface area contributed by atoms with Crippen LogP contribution in [-0.4, -0.2) is 27.5 Å². The minimum absolute atomic E-state index is 0.104. The summed E-state index contributed by atoms with van der Waals surface area (Å²) < 4.78 is 34.7. The molecular weight excluding hydrogens is 527 g/mol. The number of aryl methyl sites for hydroxylation is 1. The lowest BCUT2D eigenvalue weighted by molar-refractivity contribution is -0.117. The van der Waals surface area contributed by atoms with Crippen molar-refractivity contribution in [1.29, 1.82) is 0 Å². The Kier molecular flexibility index (Phi) is 7.69. The van der Waals surface area contributed by atoms with Gasteiger partial charge < -0.3 is 10.1 Å². The zero-order valence-electron chi connectivity index (χ0n) is 17.1. The van der Waals surface area contributed by atoms with Crippen LogP contribution in [-0.2, 0) is 21.2 Å². The molecule has 162 valence electrons. The molecule has 0 spiro atoms. The van der Waals surface area contributed by atoms with Crippen molar-refractivity contribution in [2.75, 3.05) is 12.4 Å². The standard InChI is InChI=1S/C23H23IN2O4S/c1-16-8-13-22(30-2)20(14-16)25-23(27)21(15-17-6-4-3-5-7-17)26-31(28,29)19-11-9-18(24)10-12-19/h3-14,21,26H,15H2,1-2H3,(H,25,27)/t21-/m0/s1. The fourth-order valence-electron chi connectivity index (χ4n) is 3.05. The number of hydrogen-bond acceptors (Lipinski definition) is 4. The topological polar surface area (TPSA) is 84.5 Å². The van der Waals surface area contributed by atoms with E-state index in [0.717, 1.165) is 14.7 Å². The van der Waals surface area contributed by atoms with E-state index in [2.05, 4.69) is 32.6 Å². The number of benzene rings is 3. The first-order valence-electron chi connectivity index (χ1n) is 9.56. The Morgan fingerprint density at radius 2 is 1.71 bits per heavy atom. The number of rotatable bonds is 8. The van der Waals surface area contributed by atoms with Crippen LogP contribution in [0.25, 0.3) is 0 Å². The van der Waals surface area contributed by atoms with E-state index in [9.17, 15) is 13.2 Å². The average molecular weight is 550 g/mol. The van der Waals surface area contributed by atoms with Crippen molar-refractivity contribution in [3.63, 3.8) is 0 Å². The minimum atomic E-state index is -3.90. The van der Waals surface area contributed by atoms with Crippen molar-refractivity contribution < 1.29 is 17.9 Å². The van der Waals surface area contributed by atoms with Crippen LogP contribution >= 0.6 is 22.6 Å². The summed E-state index contributed by atoms with van der Waals surface area (Å²) in [4.78, 5) is 13.3. The van der Waals surface area contributed by atoms with Crippen LogP contribution in [0, 0.1) is 10.5 Å². The van der Waals surface area contributed by atoms with Crippen molar-refractivity contribution in [3.8, 4) is 5.75 Å². The summed E-state index contributed by atoms with van der Waals surface area (Å²) in [6.45, 7) is 1.90. The monoisotopic (exact) mass is 550 g/mol. The van der Waals surface area contributed by atoms with E-state index < -0.39 is 22.0 Å². The number of amides is 1. The summed E-state index contributed by atoms with van der Waals surface area (Å²) in [5.41, 5.74) is 2.26. The van der Waals surface area contributed by atoms with Gasteiger partial charge in [0.1, 0.15) is 11.8 Å². The number of methoxy groups -OCH3 is 1. The van der Waals surface area contributed by atoms with Crippen molar-refractivity contribution >= 4 is 44.2 Å². The summed E-state index contributed by atoms with van der Waals surface area (Å²) in [5.74, 6) is 0.0275. The number of nitrogens with one attached hydrogen (secondary N) is 2. The number of halogens is 1. The molecule has 31 heavy (non-hydrogen) atoms. The van der Waals surface area contributed by atoms with E-state index in [4.69, 9.17) is 4.74 Å². The van der Waals surface area contributed by atoms with Gasteiger partial charge in [0.05, 0.1) is 17.7 Å². The molecule has 0 aliphatic rings. The van der Waals surface area contributed by atoms with E-state index >= 15 is 0 Å². The van der Waals surface area contributed by atoms with E-state index in [0.29, 0.717) is 11.4 Å². The van der Waals surface area contributed by atoms with Crippen molar-refractivity contribution in [3.05, 3.63) is 87.5 Å². The number of carbonyl (C=O) groups is 1. The number of carbonyl (C=O) groups excluding carboxylic acids is 1. The van der Waals surface area contributed by atoms with Crippen LogP contribution in [0.4, 0.5) is 5.69 Å². The second kappa shape index (κ2) is 10.3. The molecule has 8 heteroatoms. The molecule has 6 nitrogen and oxygen atoms in total. The van der Waals surface area contributed by atoms with Crippen LogP contribution in [0.5, 0.6) is 5.75 Å². The summed E-state index contributed by atoms with van der Waals surface area (Å²) in [5, 5.41) is 2.81. The van der Waals surface area contributed by atoms with Gasteiger partial charge in [-0.2, -0.15) is 4.72 Å². The van der Waals surface area contributed by atoms with E-state index in [1.54, 1.807) is 24.3 Å². The molecule has 0 fully saturated rings. The fourth-order valence-corrected chi connectivity index (χ4v) is 4.60. The minimum Gasteiger partial charge on any atom is -0.495 e. The molecule has 2 N–H and O–H groups in total. The lowest BCUT2D eigenvalue weighted by Crippen LogP contribution is -2.45. The lowest BCUT2D eigenvalue weighted by atomic mass is 10.1. The first-order valence-corrected chi connectivity index (χ1v) is 12.1. The first kappa shape index (κ1) is 23.2. The Bertz CT molecular complexity index is 1150. The summed E-state index contributed by atoms with van der Waals surface area (Å²) >= 11 is 2.11. The maximum absolute atomic E-state index is 13.2. The molecule has 0 bridgehead atoms. The highest BCUT2D eigenvalue weighted by Gasteiger charge is 2.27. The number of sulfonamides is 1. The molecule has 0 aliphatic carbocycles. The van der Waals surface area contributed by atoms with Gasteiger partial charge in [-0.15, -0.1) is 0 Å². The zero-order chi connectivity index (χ0) is 22.4. The smallest absolute Gasteiger partial charge is 0.243 e. The van der Waals surface area contributed by atoms with Crippen molar-refractivity contribution in [1.82, 2.24) is 4.72 Å². The third kappa shape index (κ3) is 6.28. The Morgan fingerprint density at radius 3 is 2.35 bits per heavy atom. The van der Waals surface area contributed by atoms with E-state index in [1.807, 2.05) is 43.3 Å². The highest BCUT2D eigenvalue weighted by atomic mass is 127. The van der Waals surface area contributed by atoms with Crippen molar-refractivity contribution in [2.45, 2.75) is 24.3 Å². The largest absolute Gasteiger partial charge is 0.495 e. The van der Waals surface area contributed by atoms with E-state index in [1.165, 1.54) is 19.2 Å². The van der Waals surface area contributed by atoms with Crippen LogP contribution in [0.3, 0.4) is 0 Å². The molecule has 0 aliphatic heterocycles. The second-order valence-electron chi connectivity index (χ2n) is 7.01. The highest BCUT2D eigenvalue weighted by molar-refractivity contribution is 14.1. The van der Waals surface area contributed by atoms with Gasteiger partial charge in [-0.25, -0.2) is 8.42 Å². The predicted octanol–water partition coefficient (Wildman–Crippen LogP) is 4.14. The Balaban J connectivity index is 1.90. The third-order valence-electron chi connectivity index (χ3n) is 4.63. The second-order valence-corrected chi connectivity index (χ2v) is 9.97. The molecule has 0 saturated carbocycles. The Labute approximate surface area is 196 Å². The van der Waals surface area contributed by atoms with Gasteiger partial charge in [0.2, 0.25) is 15.9 Å². The van der Waals surface area contributed by atoms with Gasteiger partial charge in [-0.1, -0.05) is 36.4 Å². The number of hydrogen-bond donors (Lipinski definition) is 2. The normalized spacial score (nSPS) is 12.2. The maximum atomic E-state index is 13.2. The van der Waals surface area contributed by atoms with Gasteiger partial charge in [-0.05, 0) is 83.5 Å². The molecule has 0 aromatic heterocycles. The highest BCUT2D eigenvalue weighted by Crippen LogP contribution is 2.25. The fraction of sp³-hybridized carbons (Fsp3) is 0.174. The average Bonchev–Trinajstić information content (AvgIpc) is 2.74. The predicted molar refractivity (Wildman–Crippen MR) is 130 cm³/mol. The molecule has 0 saturated heterocycles. The SMILES string of the molecule is COc1ccc(C)cc1NC(=O)[C@H](Cc1ccccc1)NS(=O)(=O)c1ccc(I)cc1. The summed E-state index contributed by atoms with van der Waals surface area (Å²) in [6.07, 6.45) is 0.199. The third-order valence-corrected chi connectivity index (χ3v) is 6.84. The van der Waals surface area contributed by atoms with Gasteiger partial charge in [0.15, 0.2) is 0 Å². The van der Waals surface area contributed by atoms with Gasteiger partial charge in [0, 0.05) is 3.57 Å². The quantitative estimate of drug-likeness (QED) is 0.413. The molecule has 3 rings (SSSR count). The first-order chi connectivity index (χ1) is 14.8. The zero-order valence-corrected chi connectivity index (χ0v) is 20.1. The molecular formula is C23H23IN2O4S.